The molecule has 0 aliphatic heterocycles. The number of nitrogens with two attached hydrogens (primary N) is 2. The normalized spacial score (nSPS) is 12.5. The molecule has 0 saturated heterocycles. The zero-order valence-electron chi connectivity index (χ0n) is 24.2. The van der Waals surface area contributed by atoms with E-state index in [1.54, 1.807) is 49.3 Å². The predicted molar refractivity (Wildman–Crippen MR) is 167 cm³/mol. The van der Waals surface area contributed by atoms with Crippen molar-refractivity contribution in [3.63, 3.8) is 0 Å². The Morgan fingerprint density at radius 2 is 1.09 bits per heavy atom. The number of carbonyl (C=O) groups is 2. The van der Waals surface area contributed by atoms with E-state index in [4.69, 9.17) is 11.5 Å². The third kappa shape index (κ3) is 5.89. The van der Waals surface area contributed by atoms with Gasteiger partial charge in [0.2, 0.25) is 0 Å². The summed E-state index contributed by atoms with van der Waals surface area (Å²) in [7, 11) is 0. The van der Waals surface area contributed by atoms with Crippen molar-refractivity contribution in [1.82, 2.24) is 29.1 Å². The molecule has 6 N–H and O–H groups in total. The summed E-state index contributed by atoms with van der Waals surface area (Å²) in [5, 5.41) is 20.3. The molecule has 6 heterocycles. The second-order valence-electron chi connectivity index (χ2n) is 10.4. The van der Waals surface area contributed by atoms with E-state index in [1.807, 2.05) is 35.1 Å². The predicted octanol–water partition coefficient (Wildman–Crippen LogP) is 3.60. The molecule has 0 amide bonds. The first kappa shape index (κ1) is 30.0. The van der Waals surface area contributed by atoms with Crippen molar-refractivity contribution >= 4 is 44.7 Å². The number of anilines is 2. The van der Waals surface area contributed by atoms with Crippen LogP contribution in [-0.2, 0) is 0 Å². The molecule has 6 aromatic heterocycles. The van der Waals surface area contributed by atoms with Crippen LogP contribution >= 0.6 is 0 Å². The fourth-order valence-electron chi connectivity index (χ4n) is 4.94. The molecule has 0 fully saturated rings. The summed E-state index contributed by atoms with van der Waals surface area (Å²) in [6.07, 6.45) is 16.1. The fourth-order valence-corrected chi connectivity index (χ4v) is 4.94. The Hall–Kier alpha value is -5.46. The number of nitrogen functional groups attached to an aromatic ring is 2. The molecule has 12 heteroatoms. The molecule has 0 aliphatic rings. The van der Waals surface area contributed by atoms with Crippen LogP contribution in [0.2, 0.25) is 0 Å². The number of rotatable bonds is 8. The van der Waals surface area contributed by atoms with Crippen LogP contribution in [0.15, 0.2) is 86.2 Å². The van der Waals surface area contributed by atoms with Gasteiger partial charge in [0, 0.05) is 95.0 Å². The zero-order valence-corrected chi connectivity index (χ0v) is 24.2. The van der Waals surface area contributed by atoms with E-state index in [-0.39, 0.29) is 36.9 Å². The second-order valence-corrected chi connectivity index (χ2v) is 10.4. The number of hydrogen-bond donors (Lipinski definition) is 4. The van der Waals surface area contributed by atoms with Crippen molar-refractivity contribution in [1.29, 1.82) is 0 Å². The number of pyridine rings is 4. The Bertz CT molecular complexity index is 1820. The van der Waals surface area contributed by atoms with E-state index in [9.17, 15) is 19.8 Å². The van der Waals surface area contributed by atoms with Gasteiger partial charge in [0.1, 0.15) is 0 Å². The highest BCUT2D eigenvalue weighted by molar-refractivity contribution is 6.17. The first-order chi connectivity index (χ1) is 21.2. The van der Waals surface area contributed by atoms with Gasteiger partial charge < -0.3 is 30.8 Å². The van der Waals surface area contributed by atoms with E-state index in [0.29, 0.717) is 33.6 Å². The van der Waals surface area contributed by atoms with E-state index in [2.05, 4.69) is 19.9 Å². The Morgan fingerprint density at radius 1 is 0.682 bits per heavy atom. The van der Waals surface area contributed by atoms with Crippen LogP contribution in [0.4, 0.5) is 11.4 Å². The van der Waals surface area contributed by atoms with Gasteiger partial charge in [0.05, 0.1) is 47.7 Å². The van der Waals surface area contributed by atoms with Crippen molar-refractivity contribution < 1.29 is 19.8 Å². The topological polar surface area (TPSA) is 188 Å². The van der Waals surface area contributed by atoms with Gasteiger partial charge in [0.15, 0.2) is 11.6 Å². The SMILES string of the molecule is CC(CO)n1cc(C(=O)c2cncc(N)c2)c2cnccc21.CC(CO)n1cc(C(=O)c2cncc(N)c2)c2cnccc21. The van der Waals surface area contributed by atoms with E-state index in [0.717, 1.165) is 21.8 Å². The van der Waals surface area contributed by atoms with Crippen molar-refractivity contribution in [2.45, 2.75) is 25.9 Å². The molecule has 6 rings (SSSR count). The highest BCUT2D eigenvalue weighted by atomic mass is 16.3. The Kier molecular flexibility index (Phi) is 8.74. The molecule has 224 valence electrons. The molecule has 0 aromatic carbocycles. The van der Waals surface area contributed by atoms with Crippen molar-refractivity contribution in [2.75, 3.05) is 24.7 Å². The second kappa shape index (κ2) is 12.8. The van der Waals surface area contributed by atoms with Gasteiger partial charge in [-0.1, -0.05) is 0 Å². The first-order valence-electron chi connectivity index (χ1n) is 13.8. The summed E-state index contributed by atoms with van der Waals surface area (Å²) in [5.41, 5.74) is 15.9. The van der Waals surface area contributed by atoms with Crippen molar-refractivity contribution in [2.24, 2.45) is 0 Å². The number of carbonyl (C=O) groups excluding carboxylic acids is 2. The Balaban J connectivity index is 0.000000175. The highest BCUT2D eigenvalue weighted by Gasteiger charge is 2.20. The maximum atomic E-state index is 12.7. The standard InChI is InChI=1S/2C16H16N4O2/c2*1-10(9-21)20-8-14(13-7-18-3-2-15(13)20)16(22)11-4-12(17)6-19-5-11/h2*2-8,10,21H,9,17H2,1H3. The van der Waals surface area contributed by atoms with Gasteiger partial charge in [-0.2, -0.15) is 0 Å². The average molecular weight is 593 g/mol. The summed E-state index contributed by atoms with van der Waals surface area (Å²) in [4.78, 5) is 41.6. The van der Waals surface area contributed by atoms with Crippen LogP contribution in [0, 0.1) is 0 Å². The minimum atomic E-state index is -0.165. The Labute approximate surface area is 252 Å². The Morgan fingerprint density at radius 3 is 1.45 bits per heavy atom. The van der Waals surface area contributed by atoms with Crippen LogP contribution in [-0.4, -0.2) is 64.1 Å². The van der Waals surface area contributed by atoms with Crippen LogP contribution < -0.4 is 11.5 Å². The molecule has 0 bridgehead atoms. The summed E-state index contributed by atoms with van der Waals surface area (Å²) in [6.45, 7) is 3.74. The number of nitrogens with zero attached hydrogens (tertiary/aromatic N) is 6. The van der Waals surface area contributed by atoms with Crippen molar-refractivity contribution in [3.8, 4) is 0 Å². The largest absolute Gasteiger partial charge is 0.397 e. The van der Waals surface area contributed by atoms with E-state index >= 15 is 0 Å². The van der Waals surface area contributed by atoms with Crippen LogP contribution in [0.3, 0.4) is 0 Å². The van der Waals surface area contributed by atoms with Crippen LogP contribution in [0.25, 0.3) is 21.8 Å². The lowest BCUT2D eigenvalue weighted by atomic mass is 10.1. The maximum Gasteiger partial charge on any atom is 0.196 e. The summed E-state index contributed by atoms with van der Waals surface area (Å²) in [5.74, 6) is -0.330. The summed E-state index contributed by atoms with van der Waals surface area (Å²) >= 11 is 0. The highest BCUT2D eigenvalue weighted by Crippen LogP contribution is 2.27. The summed E-state index contributed by atoms with van der Waals surface area (Å²) in [6, 6.07) is 6.59. The molecular formula is C32H32N8O4. The monoisotopic (exact) mass is 592 g/mol. The summed E-state index contributed by atoms with van der Waals surface area (Å²) < 4.78 is 3.76. The minimum absolute atomic E-state index is 0.0143. The van der Waals surface area contributed by atoms with Crippen molar-refractivity contribution in [3.05, 3.63) is 108 Å². The lowest BCUT2D eigenvalue weighted by molar-refractivity contribution is 0.103. The van der Waals surface area contributed by atoms with Crippen LogP contribution in [0.1, 0.15) is 57.8 Å². The van der Waals surface area contributed by atoms with Gasteiger partial charge in [-0.05, 0) is 38.1 Å². The molecule has 2 unspecified atom stereocenters. The number of ketones is 2. The van der Waals surface area contributed by atoms with Gasteiger partial charge in [-0.15, -0.1) is 0 Å². The third-order valence-corrected chi connectivity index (χ3v) is 7.28. The smallest absolute Gasteiger partial charge is 0.196 e. The number of aromatic nitrogens is 6. The van der Waals surface area contributed by atoms with Gasteiger partial charge in [-0.25, -0.2) is 0 Å². The lowest BCUT2D eigenvalue weighted by Crippen LogP contribution is -2.08. The zero-order chi connectivity index (χ0) is 31.4. The molecule has 44 heavy (non-hydrogen) atoms. The first-order valence-corrected chi connectivity index (χ1v) is 13.8. The lowest BCUT2D eigenvalue weighted by Gasteiger charge is -2.11. The number of aliphatic hydroxyl groups excluding tert-OH is 2. The molecule has 0 aliphatic carbocycles. The molecule has 2 atom stereocenters. The quantitative estimate of drug-likeness (QED) is 0.190. The van der Waals surface area contributed by atoms with Crippen LogP contribution in [0.5, 0.6) is 0 Å². The number of aliphatic hydroxyl groups is 2. The molecule has 6 aromatic rings. The number of hydrogen-bond acceptors (Lipinski definition) is 10. The molecule has 12 nitrogen and oxygen atoms in total. The average Bonchev–Trinajstić information content (AvgIpc) is 3.63. The van der Waals surface area contributed by atoms with Gasteiger partial charge in [0.25, 0.3) is 0 Å². The molecule has 0 saturated carbocycles. The number of fused-ring (bicyclic) bond motifs is 2. The van der Waals surface area contributed by atoms with E-state index < -0.39 is 0 Å². The van der Waals surface area contributed by atoms with Gasteiger partial charge in [-0.3, -0.25) is 29.5 Å². The maximum absolute atomic E-state index is 12.7. The fraction of sp³-hybridized carbons (Fsp3) is 0.188. The molecule has 0 spiro atoms. The molecular weight excluding hydrogens is 560 g/mol. The minimum Gasteiger partial charge on any atom is -0.397 e. The third-order valence-electron chi connectivity index (χ3n) is 7.28. The van der Waals surface area contributed by atoms with Gasteiger partial charge >= 0.3 is 0 Å². The molecule has 0 radical (unpaired) electrons. The van der Waals surface area contributed by atoms with E-state index in [1.165, 1.54) is 24.8 Å².